The van der Waals surface area contributed by atoms with Crippen molar-refractivity contribution in [2.24, 2.45) is 0 Å². The van der Waals surface area contributed by atoms with Crippen LogP contribution < -0.4 is 0 Å². The zero-order valence-corrected chi connectivity index (χ0v) is 11.2. The van der Waals surface area contributed by atoms with E-state index >= 15 is 0 Å². The Labute approximate surface area is 111 Å². The molecule has 1 amide bonds. The van der Waals surface area contributed by atoms with E-state index in [4.69, 9.17) is 0 Å². The van der Waals surface area contributed by atoms with Crippen molar-refractivity contribution in [1.29, 1.82) is 0 Å². The molecule has 3 rings (SSSR count). The van der Waals surface area contributed by atoms with Gasteiger partial charge < -0.3 is 10.0 Å². The molecular weight excluding hydrogens is 248 g/mol. The van der Waals surface area contributed by atoms with Gasteiger partial charge >= 0.3 is 0 Å². The van der Waals surface area contributed by atoms with Gasteiger partial charge in [0.15, 0.2) is 0 Å². The lowest BCUT2D eigenvalue weighted by Crippen LogP contribution is -2.42. The highest BCUT2D eigenvalue weighted by molar-refractivity contribution is 7.10. The van der Waals surface area contributed by atoms with Crippen molar-refractivity contribution < 1.29 is 9.90 Å². The second kappa shape index (κ2) is 4.99. The van der Waals surface area contributed by atoms with Gasteiger partial charge in [-0.25, -0.2) is 0 Å². The zero-order chi connectivity index (χ0) is 12.5. The average Bonchev–Trinajstić information content (AvgIpc) is 2.96. The van der Waals surface area contributed by atoms with Crippen LogP contribution in [0.4, 0.5) is 0 Å². The van der Waals surface area contributed by atoms with Gasteiger partial charge in [0.1, 0.15) is 0 Å². The van der Waals surface area contributed by atoms with E-state index in [0.29, 0.717) is 13.1 Å². The number of fused-ring (bicyclic) bond motifs is 1. The minimum atomic E-state index is -0.248. The molecule has 0 aliphatic carbocycles. The van der Waals surface area contributed by atoms with Crippen LogP contribution in [0.25, 0.3) is 0 Å². The minimum absolute atomic E-state index is 0.195. The third-order valence-electron chi connectivity index (χ3n) is 3.77. The van der Waals surface area contributed by atoms with E-state index in [9.17, 15) is 9.90 Å². The first-order valence-corrected chi connectivity index (χ1v) is 7.34. The molecule has 1 saturated heterocycles. The molecule has 0 saturated carbocycles. The first-order chi connectivity index (χ1) is 8.72. The molecule has 2 aliphatic rings. The molecule has 0 radical (unpaired) electrons. The number of hydrogen-bond donors (Lipinski definition) is 1. The van der Waals surface area contributed by atoms with Crippen molar-refractivity contribution >= 4 is 17.2 Å². The van der Waals surface area contributed by atoms with E-state index in [1.807, 2.05) is 4.90 Å². The molecule has 2 aliphatic heterocycles. The average molecular weight is 266 g/mol. The summed E-state index contributed by atoms with van der Waals surface area (Å²) in [5, 5.41) is 11.6. The lowest BCUT2D eigenvalue weighted by atomic mass is 10.1. The number of carbonyl (C=O) groups is 1. The topological polar surface area (TPSA) is 43.8 Å². The maximum absolute atomic E-state index is 12.2. The Morgan fingerprint density at radius 2 is 2.39 bits per heavy atom. The van der Waals surface area contributed by atoms with Crippen LogP contribution in [0.5, 0.6) is 0 Å². The highest BCUT2D eigenvalue weighted by Gasteiger charge is 2.26. The standard InChI is InChI=1S/C13H18N2O2S/c16-11-1-4-14(8-11)9-13(17)15-5-2-12-10(7-15)3-6-18-12/h3,6,11,16H,1-2,4-5,7-9H2. The van der Waals surface area contributed by atoms with Gasteiger partial charge in [-0.1, -0.05) is 0 Å². The summed E-state index contributed by atoms with van der Waals surface area (Å²) < 4.78 is 0. The number of aliphatic hydroxyl groups excluding tert-OH is 1. The van der Waals surface area contributed by atoms with Crippen molar-refractivity contribution in [2.45, 2.75) is 25.5 Å². The van der Waals surface area contributed by atoms with Gasteiger partial charge in [-0.05, 0) is 29.9 Å². The van der Waals surface area contributed by atoms with Gasteiger partial charge in [-0.2, -0.15) is 0 Å². The van der Waals surface area contributed by atoms with Crippen molar-refractivity contribution in [3.8, 4) is 0 Å². The Kier molecular flexibility index (Phi) is 3.37. The number of amides is 1. The summed E-state index contributed by atoms with van der Waals surface area (Å²) in [4.78, 5) is 17.6. The molecule has 1 aromatic heterocycles. The normalized spacial score (nSPS) is 24.3. The van der Waals surface area contributed by atoms with Crippen LogP contribution in [0.2, 0.25) is 0 Å². The van der Waals surface area contributed by atoms with E-state index in [1.165, 1.54) is 10.4 Å². The molecule has 1 fully saturated rings. The number of rotatable bonds is 2. The van der Waals surface area contributed by atoms with Gasteiger partial charge in [0.25, 0.3) is 0 Å². The highest BCUT2D eigenvalue weighted by Crippen LogP contribution is 2.24. The van der Waals surface area contributed by atoms with E-state index < -0.39 is 0 Å². The van der Waals surface area contributed by atoms with Crippen molar-refractivity contribution in [3.05, 3.63) is 21.9 Å². The summed E-state index contributed by atoms with van der Waals surface area (Å²) in [7, 11) is 0. The largest absolute Gasteiger partial charge is 0.392 e. The molecular formula is C13H18N2O2S. The fraction of sp³-hybridized carbons (Fsp3) is 0.615. The Balaban J connectivity index is 1.58. The fourth-order valence-corrected chi connectivity index (χ4v) is 3.60. The lowest BCUT2D eigenvalue weighted by Gasteiger charge is -2.28. The van der Waals surface area contributed by atoms with Crippen LogP contribution in [-0.4, -0.2) is 53.1 Å². The number of thiophene rings is 1. The summed E-state index contributed by atoms with van der Waals surface area (Å²) in [6.07, 6.45) is 1.53. The van der Waals surface area contributed by atoms with Crippen LogP contribution in [0.1, 0.15) is 16.9 Å². The van der Waals surface area contributed by atoms with Crippen molar-refractivity contribution in [3.63, 3.8) is 0 Å². The second-order valence-corrected chi connectivity index (χ2v) is 6.11. The fourth-order valence-electron chi connectivity index (χ4n) is 2.71. The van der Waals surface area contributed by atoms with Crippen LogP contribution in [0.15, 0.2) is 11.4 Å². The van der Waals surface area contributed by atoms with Gasteiger partial charge in [0.05, 0.1) is 12.6 Å². The van der Waals surface area contributed by atoms with Crippen LogP contribution in [0, 0.1) is 0 Å². The Morgan fingerprint density at radius 3 is 3.17 bits per heavy atom. The zero-order valence-electron chi connectivity index (χ0n) is 10.3. The maximum Gasteiger partial charge on any atom is 0.237 e. The minimum Gasteiger partial charge on any atom is -0.392 e. The van der Waals surface area contributed by atoms with Gasteiger partial charge in [-0.15, -0.1) is 11.3 Å². The quantitative estimate of drug-likeness (QED) is 0.857. The molecule has 18 heavy (non-hydrogen) atoms. The SMILES string of the molecule is O=C(CN1CCC(O)C1)N1CCc2sccc2C1. The van der Waals surface area contributed by atoms with E-state index in [-0.39, 0.29) is 12.0 Å². The summed E-state index contributed by atoms with van der Waals surface area (Å²) in [5.41, 5.74) is 1.31. The van der Waals surface area contributed by atoms with E-state index in [2.05, 4.69) is 16.3 Å². The van der Waals surface area contributed by atoms with Crippen LogP contribution >= 0.6 is 11.3 Å². The van der Waals surface area contributed by atoms with Crippen LogP contribution in [-0.2, 0) is 17.8 Å². The van der Waals surface area contributed by atoms with E-state index in [0.717, 1.165) is 32.5 Å². The summed E-state index contributed by atoms with van der Waals surface area (Å²) in [5.74, 6) is 0.195. The molecule has 0 bridgehead atoms. The van der Waals surface area contributed by atoms with Gasteiger partial charge in [0, 0.05) is 31.1 Å². The molecule has 0 spiro atoms. The van der Waals surface area contributed by atoms with Crippen molar-refractivity contribution in [1.82, 2.24) is 9.80 Å². The Morgan fingerprint density at radius 1 is 1.50 bits per heavy atom. The first kappa shape index (κ1) is 12.1. The molecule has 1 N–H and O–H groups in total. The second-order valence-electron chi connectivity index (χ2n) is 5.11. The van der Waals surface area contributed by atoms with Gasteiger partial charge in [-0.3, -0.25) is 9.69 Å². The maximum atomic E-state index is 12.2. The molecule has 3 heterocycles. The van der Waals surface area contributed by atoms with Crippen LogP contribution in [0.3, 0.4) is 0 Å². The number of likely N-dealkylation sites (tertiary alicyclic amines) is 1. The first-order valence-electron chi connectivity index (χ1n) is 6.46. The number of hydrogen-bond acceptors (Lipinski definition) is 4. The smallest absolute Gasteiger partial charge is 0.237 e. The predicted octanol–water partition coefficient (Wildman–Crippen LogP) is 0.699. The number of carbonyl (C=O) groups excluding carboxylic acids is 1. The summed E-state index contributed by atoms with van der Waals surface area (Å²) in [6, 6.07) is 2.12. The number of nitrogens with zero attached hydrogens (tertiary/aromatic N) is 2. The molecule has 1 atom stereocenters. The molecule has 98 valence electrons. The molecule has 0 aromatic carbocycles. The number of aliphatic hydroxyl groups is 1. The monoisotopic (exact) mass is 266 g/mol. The third kappa shape index (κ3) is 2.43. The lowest BCUT2D eigenvalue weighted by molar-refractivity contribution is -0.133. The molecule has 1 unspecified atom stereocenters. The summed E-state index contributed by atoms with van der Waals surface area (Å²) >= 11 is 1.79. The van der Waals surface area contributed by atoms with Crippen molar-refractivity contribution in [2.75, 3.05) is 26.2 Å². The molecule has 4 nitrogen and oxygen atoms in total. The van der Waals surface area contributed by atoms with Gasteiger partial charge in [0.2, 0.25) is 5.91 Å². The molecule has 5 heteroatoms. The van der Waals surface area contributed by atoms with E-state index in [1.54, 1.807) is 11.3 Å². The number of β-amino-alcohol motifs (C(OH)–C–C–N with tert-alkyl or cyclic N) is 1. The molecule has 1 aromatic rings. The Bertz CT molecular complexity index is 446. The third-order valence-corrected chi connectivity index (χ3v) is 4.79. The highest BCUT2D eigenvalue weighted by atomic mass is 32.1. The predicted molar refractivity (Wildman–Crippen MR) is 70.5 cm³/mol. The Hall–Kier alpha value is -0.910. The summed E-state index contributed by atoms with van der Waals surface area (Å²) in [6.45, 7) is 3.53.